The van der Waals surface area contributed by atoms with Crippen molar-refractivity contribution < 1.29 is 33.0 Å². The first kappa shape index (κ1) is 28.2. The Morgan fingerprint density at radius 2 is 1.82 bits per heavy atom. The fraction of sp³-hybridized carbons (Fsp3) is 0.379. The molecule has 0 amide bonds. The number of hydrogen-bond donors (Lipinski definition) is 3. The van der Waals surface area contributed by atoms with Crippen LogP contribution < -0.4 is 9.46 Å². The quantitative estimate of drug-likeness (QED) is 0.302. The van der Waals surface area contributed by atoms with Gasteiger partial charge in [-0.25, -0.2) is 13.2 Å². The summed E-state index contributed by atoms with van der Waals surface area (Å²) >= 11 is 0. The maximum absolute atomic E-state index is 13.1. The number of aromatic carboxylic acids is 1. The van der Waals surface area contributed by atoms with E-state index < -0.39 is 28.0 Å². The van der Waals surface area contributed by atoms with E-state index in [9.17, 15) is 28.2 Å². The zero-order chi connectivity index (χ0) is 28.0. The average molecular weight is 553 g/mol. The minimum absolute atomic E-state index is 0.0823. The molecule has 4 rings (SSSR count). The first-order chi connectivity index (χ1) is 18.7. The Hall–Kier alpha value is -3.81. The Bertz CT molecular complexity index is 1510. The van der Waals surface area contributed by atoms with Crippen LogP contribution in [-0.4, -0.2) is 47.8 Å². The third kappa shape index (κ3) is 6.99. The minimum atomic E-state index is -4.17. The molecule has 1 atom stereocenters. The van der Waals surface area contributed by atoms with Gasteiger partial charge >= 0.3 is 11.9 Å². The van der Waals surface area contributed by atoms with Crippen molar-refractivity contribution in [2.45, 2.75) is 62.9 Å². The molecule has 0 saturated heterocycles. The highest BCUT2D eigenvalue weighted by atomic mass is 32.2. The predicted molar refractivity (Wildman–Crippen MR) is 146 cm³/mol. The van der Waals surface area contributed by atoms with Gasteiger partial charge < -0.3 is 19.5 Å². The van der Waals surface area contributed by atoms with Crippen LogP contribution in [0.3, 0.4) is 0 Å². The van der Waals surface area contributed by atoms with E-state index in [1.54, 1.807) is 13.0 Å². The van der Waals surface area contributed by atoms with Crippen molar-refractivity contribution in [1.82, 2.24) is 9.29 Å². The third-order valence-corrected chi connectivity index (χ3v) is 8.52. The second-order valence-electron chi connectivity index (χ2n) is 9.75. The van der Waals surface area contributed by atoms with Crippen LogP contribution in [0, 0.1) is 17.8 Å². The largest absolute Gasteiger partial charge is 0.481 e. The van der Waals surface area contributed by atoms with Gasteiger partial charge in [-0.15, -0.1) is 5.92 Å². The van der Waals surface area contributed by atoms with Crippen molar-refractivity contribution in [2.24, 2.45) is 5.92 Å². The summed E-state index contributed by atoms with van der Waals surface area (Å²) in [6.45, 7) is 2.59. The van der Waals surface area contributed by atoms with E-state index in [4.69, 9.17) is 4.74 Å². The lowest BCUT2D eigenvalue weighted by atomic mass is 9.89. The number of rotatable bonds is 11. The van der Waals surface area contributed by atoms with E-state index in [1.807, 2.05) is 10.8 Å². The second kappa shape index (κ2) is 12.4. The summed E-state index contributed by atoms with van der Waals surface area (Å²) in [6, 6.07) is 8.97. The number of hydrogen-bond acceptors (Lipinski definition) is 5. The molecule has 0 aliphatic heterocycles. The number of nitrogens with one attached hydrogen (secondary N) is 1. The highest BCUT2D eigenvalue weighted by Gasteiger charge is 2.28. The average Bonchev–Trinajstić information content (AvgIpc) is 3.25. The summed E-state index contributed by atoms with van der Waals surface area (Å²) in [5.41, 5.74) is 1.45. The standard InChI is InChI=1S/C29H32N2O7S/c1-2-3-15-38-23-10-12-24(13-11-23)39(36,37)30-26(29(34)35)17-22-19-31(18-20-7-5-4-6-8-20)27-14-9-21(28(32)33)16-25(22)27/h9-14,16,19-20,26,30H,4-8,15,17-18H2,1H3,(H,32,33)(H,34,35). The number of nitrogens with zero attached hydrogens (tertiary/aromatic N) is 1. The highest BCUT2D eigenvalue weighted by Crippen LogP contribution is 2.30. The van der Waals surface area contributed by atoms with Crippen LogP contribution >= 0.6 is 0 Å². The molecule has 3 aromatic rings. The van der Waals surface area contributed by atoms with E-state index in [0.717, 1.165) is 24.9 Å². The molecule has 1 heterocycles. The van der Waals surface area contributed by atoms with Crippen molar-refractivity contribution in [3.63, 3.8) is 0 Å². The van der Waals surface area contributed by atoms with Gasteiger partial charge in [-0.3, -0.25) is 4.79 Å². The van der Waals surface area contributed by atoms with Gasteiger partial charge in [0, 0.05) is 30.1 Å². The predicted octanol–water partition coefficient (Wildman–Crippen LogP) is 4.30. The topological polar surface area (TPSA) is 135 Å². The molecule has 206 valence electrons. The number of aromatic nitrogens is 1. The molecule has 1 aliphatic rings. The van der Waals surface area contributed by atoms with Crippen molar-refractivity contribution >= 4 is 32.9 Å². The van der Waals surface area contributed by atoms with Crippen molar-refractivity contribution in [3.8, 4) is 17.6 Å². The normalized spacial score (nSPS) is 14.9. The summed E-state index contributed by atoms with van der Waals surface area (Å²) in [4.78, 5) is 23.7. The number of benzene rings is 2. The molecule has 39 heavy (non-hydrogen) atoms. The number of sulfonamides is 1. The van der Waals surface area contributed by atoms with Crippen molar-refractivity contribution in [3.05, 3.63) is 59.8 Å². The van der Waals surface area contributed by atoms with Gasteiger partial charge in [-0.05, 0) is 73.7 Å². The fourth-order valence-corrected chi connectivity index (χ4v) is 6.22. The van der Waals surface area contributed by atoms with Crippen LogP contribution in [0.4, 0.5) is 0 Å². The minimum Gasteiger partial charge on any atom is -0.481 e. The maximum atomic E-state index is 13.1. The number of aliphatic carboxylic acids is 1. The summed E-state index contributed by atoms with van der Waals surface area (Å²) < 4.78 is 35.9. The molecule has 0 bridgehead atoms. The van der Waals surface area contributed by atoms with Gasteiger partial charge in [-0.2, -0.15) is 4.72 Å². The molecule has 1 aliphatic carbocycles. The highest BCUT2D eigenvalue weighted by molar-refractivity contribution is 7.89. The van der Waals surface area contributed by atoms with Gasteiger partial charge in [0.25, 0.3) is 0 Å². The Morgan fingerprint density at radius 1 is 1.10 bits per heavy atom. The monoisotopic (exact) mass is 552 g/mol. The molecule has 0 radical (unpaired) electrons. The molecule has 0 spiro atoms. The molecule has 3 N–H and O–H groups in total. The smallest absolute Gasteiger partial charge is 0.335 e. The molecule has 9 nitrogen and oxygen atoms in total. The summed E-state index contributed by atoms with van der Waals surface area (Å²) in [5.74, 6) is 3.94. The molecular weight excluding hydrogens is 520 g/mol. The van der Waals surface area contributed by atoms with Crippen LogP contribution in [0.2, 0.25) is 0 Å². The summed E-state index contributed by atoms with van der Waals surface area (Å²) in [6.07, 6.45) is 7.46. The number of carboxylic acids is 2. The molecule has 10 heteroatoms. The van der Waals surface area contributed by atoms with Gasteiger partial charge in [0.1, 0.15) is 18.4 Å². The van der Waals surface area contributed by atoms with Crippen LogP contribution in [0.1, 0.15) is 54.9 Å². The van der Waals surface area contributed by atoms with Gasteiger partial charge in [0.05, 0.1) is 10.5 Å². The van der Waals surface area contributed by atoms with Gasteiger partial charge in [-0.1, -0.05) is 25.2 Å². The Kier molecular flexibility index (Phi) is 8.94. The van der Waals surface area contributed by atoms with Crippen LogP contribution in [0.5, 0.6) is 5.75 Å². The number of carbonyl (C=O) groups is 2. The van der Waals surface area contributed by atoms with Crippen molar-refractivity contribution in [1.29, 1.82) is 0 Å². The SMILES string of the molecule is CC#CCOc1ccc(S(=O)(=O)NC(Cc2cn(CC3CCCCC3)c3ccc(C(=O)O)cc23)C(=O)O)cc1. The second-order valence-corrected chi connectivity index (χ2v) is 11.5. The van der Waals surface area contributed by atoms with Gasteiger partial charge in [0.15, 0.2) is 0 Å². The number of fused-ring (bicyclic) bond motifs is 1. The summed E-state index contributed by atoms with van der Waals surface area (Å²) in [7, 11) is -4.17. The Morgan fingerprint density at radius 3 is 2.46 bits per heavy atom. The van der Waals surface area contributed by atoms with E-state index >= 15 is 0 Å². The molecule has 1 aromatic heterocycles. The third-order valence-electron chi connectivity index (χ3n) is 7.03. The van der Waals surface area contributed by atoms with Crippen LogP contribution in [-0.2, 0) is 27.8 Å². The lowest BCUT2D eigenvalue weighted by Gasteiger charge is -2.22. The zero-order valence-corrected chi connectivity index (χ0v) is 22.5. The van der Waals surface area contributed by atoms with Crippen LogP contribution in [0.25, 0.3) is 10.9 Å². The van der Waals surface area contributed by atoms with Crippen LogP contribution in [0.15, 0.2) is 53.6 Å². The Labute approximate surface area is 227 Å². The maximum Gasteiger partial charge on any atom is 0.335 e. The molecule has 1 unspecified atom stereocenters. The lowest BCUT2D eigenvalue weighted by molar-refractivity contribution is -0.138. The first-order valence-electron chi connectivity index (χ1n) is 12.9. The molecule has 1 fully saturated rings. The number of carboxylic acid groups (broad SMARTS) is 2. The number of ether oxygens (including phenoxy) is 1. The van der Waals surface area contributed by atoms with Gasteiger partial charge in [0.2, 0.25) is 10.0 Å². The summed E-state index contributed by atoms with van der Waals surface area (Å²) in [5, 5.41) is 20.1. The van der Waals surface area contributed by atoms with E-state index in [-0.39, 0.29) is 23.5 Å². The van der Waals surface area contributed by atoms with E-state index in [0.29, 0.717) is 22.6 Å². The molecular formula is C29H32N2O7S. The van der Waals surface area contributed by atoms with Crippen molar-refractivity contribution in [2.75, 3.05) is 6.61 Å². The van der Waals surface area contributed by atoms with E-state index in [2.05, 4.69) is 16.6 Å². The molecule has 1 saturated carbocycles. The molecule has 2 aromatic carbocycles. The Balaban J connectivity index is 1.60. The fourth-order valence-electron chi connectivity index (χ4n) is 5.03. The zero-order valence-electron chi connectivity index (χ0n) is 21.7. The van der Waals surface area contributed by atoms with E-state index in [1.165, 1.54) is 55.7 Å². The lowest BCUT2D eigenvalue weighted by Crippen LogP contribution is -2.42. The first-order valence-corrected chi connectivity index (χ1v) is 14.4.